The monoisotopic (exact) mass is 355 g/mol. The van der Waals surface area contributed by atoms with Gasteiger partial charge in [0.1, 0.15) is 6.54 Å². The van der Waals surface area contributed by atoms with E-state index in [0.717, 1.165) is 11.3 Å². The van der Waals surface area contributed by atoms with E-state index in [4.69, 9.17) is 0 Å². The van der Waals surface area contributed by atoms with Crippen LogP contribution in [0.2, 0.25) is 0 Å². The van der Waals surface area contributed by atoms with Gasteiger partial charge >= 0.3 is 0 Å². The number of hydrogen-bond acceptors (Lipinski definition) is 3. The van der Waals surface area contributed by atoms with Gasteiger partial charge in [-0.1, -0.05) is 24.3 Å². The van der Waals surface area contributed by atoms with Crippen molar-refractivity contribution in [3.63, 3.8) is 0 Å². The smallest absolute Gasteiger partial charge is 0.246 e. The Bertz CT molecular complexity index is 731. The average Bonchev–Trinajstić information content (AvgIpc) is 2.64. The Morgan fingerprint density at radius 2 is 2.00 bits per heavy atom. The van der Waals surface area contributed by atoms with Crippen molar-refractivity contribution in [3.8, 4) is 0 Å². The number of para-hydroxylation sites is 1. The van der Waals surface area contributed by atoms with Crippen molar-refractivity contribution >= 4 is 23.4 Å². The maximum Gasteiger partial charge on any atom is 0.246 e. The highest BCUT2D eigenvalue weighted by atomic mass is 16.2. The first-order valence-corrected chi connectivity index (χ1v) is 9.04. The van der Waals surface area contributed by atoms with Crippen LogP contribution in [0.15, 0.2) is 36.9 Å². The number of rotatable bonds is 4. The van der Waals surface area contributed by atoms with Gasteiger partial charge in [0.15, 0.2) is 0 Å². The predicted octanol–water partition coefficient (Wildman–Crippen LogP) is 1.59. The first kappa shape index (κ1) is 18.2. The first-order chi connectivity index (χ1) is 12.5. The maximum absolute atomic E-state index is 12.9. The Kier molecular flexibility index (Phi) is 5.40. The molecule has 1 aromatic rings. The van der Waals surface area contributed by atoms with Crippen molar-refractivity contribution in [1.29, 1.82) is 0 Å². The average molecular weight is 355 g/mol. The molecule has 1 aromatic carbocycles. The Morgan fingerprint density at radius 3 is 2.69 bits per heavy atom. The van der Waals surface area contributed by atoms with Crippen molar-refractivity contribution in [2.75, 3.05) is 37.6 Å². The number of amides is 3. The number of carbonyl (C=O) groups is 3. The lowest BCUT2D eigenvalue weighted by Gasteiger charge is -2.38. The summed E-state index contributed by atoms with van der Waals surface area (Å²) >= 11 is 0. The molecule has 2 fully saturated rings. The van der Waals surface area contributed by atoms with Crippen LogP contribution in [0.1, 0.15) is 18.4 Å². The Balaban J connectivity index is 1.64. The van der Waals surface area contributed by atoms with Gasteiger partial charge in [0, 0.05) is 38.3 Å². The van der Waals surface area contributed by atoms with Gasteiger partial charge in [-0.2, -0.15) is 0 Å². The third-order valence-electron chi connectivity index (χ3n) is 5.14. The largest absolute Gasteiger partial charge is 0.338 e. The number of carbonyl (C=O) groups excluding carboxylic acids is 3. The molecule has 0 unspecified atom stereocenters. The van der Waals surface area contributed by atoms with Gasteiger partial charge < -0.3 is 14.7 Å². The third-order valence-corrected chi connectivity index (χ3v) is 5.14. The van der Waals surface area contributed by atoms with Crippen LogP contribution in [-0.2, 0) is 14.4 Å². The van der Waals surface area contributed by atoms with E-state index in [-0.39, 0.29) is 30.2 Å². The van der Waals surface area contributed by atoms with E-state index in [9.17, 15) is 14.4 Å². The number of piperazine rings is 1. The number of aryl methyl sites for hydroxylation is 1. The van der Waals surface area contributed by atoms with Crippen LogP contribution in [-0.4, -0.2) is 60.2 Å². The fourth-order valence-electron chi connectivity index (χ4n) is 3.69. The van der Waals surface area contributed by atoms with E-state index < -0.39 is 0 Å². The zero-order chi connectivity index (χ0) is 18.7. The number of benzene rings is 1. The molecule has 3 rings (SSSR count). The fourth-order valence-corrected chi connectivity index (χ4v) is 3.69. The molecule has 0 saturated carbocycles. The van der Waals surface area contributed by atoms with E-state index in [2.05, 4.69) is 6.58 Å². The van der Waals surface area contributed by atoms with Gasteiger partial charge in [0.05, 0.1) is 5.92 Å². The molecule has 2 aliphatic rings. The van der Waals surface area contributed by atoms with Crippen LogP contribution in [0.5, 0.6) is 0 Å². The summed E-state index contributed by atoms with van der Waals surface area (Å²) in [6.07, 6.45) is 2.61. The maximum atomic E-state index is 12.9. The van der Waals surface area contributed by atoms with Gasteiger partial charge in [-0.15, -0.1) is 6.58 Å². The molecule has 6 heteroatoms. The number of likely N-dealkylation sites (tertiary alicyclic amines) is 1. The Morgan fingerprint density at radius 1 is 1.23 bits per heavy atom. The standard InChI is InChI=1S/C20H25N3O3/c1-3-10-21-13-16(8-9-18(21)24)20(26)22-11-12-23(19(25)14-22)17-7-5-4-6-15(17)2/h3-7,16H,1,8-14H2,2H3/t16-/m1/s1. The minimum absolute atomic E-state index is 0.0238. The van der Waals surface area contributed by atoms with E-state index in [1.807, 2.05) is 31.2 Å². The summed E-state index contributed by atoms with van der Waals surface area (Å²) in [6.45, 7) is 7.63. The van der Waals surface area contributed by atoms with E-state index in [1.54, 1.807) is 20.8 Å². The summed E-state index contributed by atoms with van der Waals surface area (Å²) in [5, 5.41) is 0. The normalized spacial score (nSPS) is 21.1. The Labute approximate surface area is 154 Å². The van der Waals surface area contributed by atoms with Crippen molar-refractivity contribution < 1.29 is 14.4 Å². The minimum atomic E-state index is -0.231. The van der Waals surface area contributed by atoms with Crippen LogP contribution in [0.3, 0.4) is 0 Å². The van der Waals surface area contributed by atoms with E-state index in [0.29, 0.717) is 39.0 Å². The molecule has 1 atom stereocenters. The summed E-state index contributed by atoms with van der Waals surface area (Å²) in [5.74, 6) is -0.252. The summed E-state index contributed by atoms with van der Waals surface area (Å²) in [5.41, 5.74) is 1.96. The number of nitrogens with zero attached hydrogens (tertiary/aromatic N) is 3. The van der Waals surface area contributed by atoms with Gasteiger partial charge in [-0.25, -0.2) is 0 Å². The SMILES string of the molecule is C=CCN1C[C@H](C(=O)N2CCN(c3ccccc3C)C(=O)C2)CCC1=O. The number of anilines is 1. The zero-order valence-electron chi connectivity index (χ0n) is 15.2. The van der Waals surface area contributed by atoms with Crippen molar-refractivity contribution in [2.24, 2.45) is 5.92 Å². The molecule has 138 valence electrons. The summed E-state index contributed by atoms with van der Waals surface area (Å²) < 4.78 is 0. The molecular formula is C20H25N3O3. The molecule has 0 aromatic heterocycles. The Hall–Kier alpha value is -2.63. The van der Waals surface area contributed by atoms with Gasteiger partial charge in [-0.3, -0.25) is 14.4 Å². The van der Waals surface area contributed by atoms with E-state index >= 15 is 0 Å². The molecule has 0 radical (unpaired) electrons. The van der Waals surface area contributed by atoms with Gasteiger partial charge in [0.2, 0.25) is 17.7 Å². The molecule has 2 heterocycles. The van der Waals surface area contributed by atoms with Crippen molar-refractivity contribution in [1.82, 2.24) is 9.80 Å². The van der Waals surface area contributed by atoms with E-state index in [1.165, 1.54) is 0 Å². The highest BCUT2D eigenvalue weighted by molar-refractivity contribution is 5.99. The summed E-state index contributed by atoms with van der Waals surface area (Å²) in [4.78, 5) is 42.5. The molecule has 0 aliphatic carbocycles. The highest BCUT2D eigenvalue weighted by Gasteiger charge is 2.35. The number of hydrogen-bond donors (Lipinski definition) is 0. The predicted molar refractivity (Wildman–Crippen MR) is 99.6 cm³/mol. The molecule has 0 N–H and O–H groups in total. The van der Waals surface area contributed by atoms with Crippen LogP contribution in [0.25, 0.3) is 0 Å². The topological polar surface area (TPSA) is 60.9 Å². The highest BCUT2D eigenvalue weighted by Crippen LogP contribution is 2.24. The lowest BCUT2D eigenvalue weighted by atomic mass is 9.95. The second-order valence-corrected chi connectivity index (χ2v) is 6.91. The molecule has 0 bridgehead atoms. The fraction of sp³-hybridized carbons (Fsp3) is 0.450. The molecule has 0 spiro atoms. The second-order valence-electron chi connectivity index (χ2n) is 6.91. The molecule has 26 heavy (non-hydrogen) atoms. The molecular weight excluding hydrogens is 330 g/mol. The van der Waals surface area contributed by atoms with Crippen LogP contribution in [0.4, 0.5) is 5.69 Å². The van der Waals surface area contributed by atoms with Gasteiger partial charge in [0.25, 0.3) is 0 Å². The number of piperidine rings is 1. The van der Waals surface area contributed by atoms with Crippen molar-refractivity contribution in [3.05, 3.63) is 42.5 Å². The molecule has 3 amide bonds. The lowest BCUT2D eigenvalue weighted by molar-refractivity contribution is -0.145. The molecule has 2 saturated heterocycles. The minimum Gasteiger partial charge on any atom is -0.338 e. The quantitative estimate of drug-likeness (QED) is 0.771. The zero-order valence-corrected chi connectivity index (χ0v) is 15.2. The molecule has 6 nitrogen and oxygen atoms in total. The van der Waals surface area contributed by atoms with Crippen LogP contribution < -0.4 is 4.90 Å². The summed E-state index contributed by atoms with van der Waals surface area (Å²) in [6, 6.07) is 7.78. The molecule has 2 aliphatic heterocycles. The van der Waals surface area contributed by atoms with Crippen molar-refractivity contribution in [2.45, 2.75) is 19.8 Å². The van der Waals surface area contributed by atoms with Crippen LogP contribution >= 0.6 is 0 Å². The van der Waals surface area contributed by atoms with Crippen LogP contribution in [0, 0.1) is 12.8 Å². The van der Waals surface area contributed by atoms with Gasteiger partial charge in [-0.05, 0) is 25.0 Å². The first-order valence-electron chi connectivity index (χ1n) is 9.04. The lowest BCUT2D eigenvalue weighted by Crippen LogP contribution is -2.55. The summed E-state index contributed by atoms with van der Waals surface area (Å²) in [7, 11) is 0. The third kappa shape index (κ3) is 3.64. The second kappa shape index (κ2) is 7.72.